The molecule has 7 heteroatoms. The Hall–Kier alpha value is -3.35. The maximum atomic E-state index is 13.6. The fraction of sp³-hybridized carbons (Fsp3) is 0.105. The van der Waals surface area contributed by atoms with Gasteiger partial charge in [0.2, 0.25) is 0 Å². The second-order valence-corrected chi connectivity index (χ2v) is 5.81. The minimum atomic E-state index is -0.862. The molecule has 0 aliphatic rings. The van der Waals surface area contributed by atoms with Crippen molar-refractivity contribution < 1.29 is 13.6 Å². The lowest BCUT2D eigenvalue weighted by atomic mass is 10.1. The van der Waals surface area contributed by atoms with Gasteiger partial charge in [0, 0.05) is 11.8 Å². The van der Waals surface area contributed by atoms with E-state index < -0.39 is 17.5 Å². The Labute approximate surface area is 149 Å². The minimum absolute atomic E-state index is 0.0133. The summed E-state index contributed by atoms with van der Waals surface area (Å²) < 4.78 is 26.5. The maximum Gasteiger partial charge on any atom is 0.276 e. The average molecular weight is 354 g/mol. The van der Waals surface area contributed by atoms with Crippen LogP contribution in [0.2, 0.25) is 0 Å². The Morgan fingerprint density at radius 3 is 2.38 bits per heavy atom. The number of anilines is 3. The molecule has 1 aromatic heterocycles. The predicted molar refractivity (Wildman–Crippen MR) is 95.5 cm³/mol. The van der Waals surface area contributed by atoms with E-state index in [4.69, 9.17) is 0 Å². The van der Waals surface area contributed by atoms with Crippen molar-refractivity contribution in [3.8, 4) is 0 Å². The first-order valence-corrected chi connectivity index (χ1v) is 7.87. The molecule has 0 fully saturated rings. The number of aryl methyl sites for hydroxylation is 2. The summed E-state index contributed by atoms with van der Waals surface area (Å²) in [5.74, 6) is -1.75. The molecule has 3 aromatic rings. The van der Waals surface area contributed by atoms with Gasteiger partial charge in [-0.05, 0) is 61.4 Å². The van der Waals surface area contributed by atoms with Crippen molar-refractivity contribution in [2.45, 2.75) is 13.8 Å². The van der Waals surface area contributed by atoms with Gasteiger partial charge in [0.1, 0.15) is 11.6 Å². The number of halogens is 2. The third-order valence-electron chi connectivity index (χ3n) is 3.86. The summed E-state index contributed by atoms with van der Waals surface area (Å²) in [6.45, 7) is 4.03. The fourth-order valence-corrected chi connectivity index (χ4v) is 2.26. The number of nitrogens with zero attached hydrogens (tertiary/aromatic N) is 2. The third kappa shape index (κ3) is 4.00. The van der Waals surface area contributed by atoms with Crippen molar-refractivity contribution in [3.05, 3.63) is 77.0 Å². The topological polar surface area (TPSA) is 66.9 Å². The van der Waals surface area contributed by atoms with Gasteiger partial charge in [-0.2, -0.15) is 0 Å². The SMILES string of the molecule is Cc1ccc(Nc2ccc(C(=O)Nc3ccc(F)cc3F)nn2)cc1C. The van der Waals surface area contributed by atoms with Gasteiger partial charge in [-0.1, -0.05) is 6.07 Å². The van der Waals surface area contributed by atoms with E-state index in [0.717, 1.165) is 23.4 Å². The van der Waals surface area contributed by atoms with Gasteiger partial charge in [-0.15, -0.1) is 10.2 Å². The number of carbonyl (C=O) groups is 1. The largest absolute Gasteiger partial charge is 0.339 e. The quantitative estimate of drug-likeness (QED) is 0.730. The zero-order chi connectivity index (χ0) is 18.7. The first-order chi connectivity index (χ1) is 12.4. The smallest absolute Gasteiger partial charge is 0.276 e. The van der Waals surface area contributed by atoms with Gasteiger partial charge in [0.15, 0.2) is 11.5 Å². The summed E-state index contributed by atoms with van der Waals surface area (Å²) in [7, 11) is 0. The first kappa shape index (κ1) is 17.5. The highest BCUT2D eigenvalue weighted by Crippen LogP contribution is 2.19. The van der Waals surface area contributed by atoms with E-state index in [1.807, 2.05) is 32.0 Å². The highest BCUT2D eigenvalue weighted by molar-refractivity contribution is 6.02. The molecular weight excluding hydrogens is 338 g/mol. The lowest BCUT2D eigenvalue weighted by Gasteiger charge is -2.08. The molecule has 0 unspecified atom stereocenters. The Kier molecular flexibility index (Phi) is 4.88. The number of rotatable bonds is 4. The van der Waals surface area contributed by atoms with E-state index in [1.54, 1.807) is 6.07 Å². The van der Waals surface area contributed by atoms with Crippen LogP contribution in [-0.2, 0) is 0 Å². The van der Waals surface area contributed by atoms with Gasteiger partial charge in [-0.25, -0.2) is 8.78 Å². The molecule has 0 atom stereocenters. The van der Waals surface area contributed by atoms with Crippen molar-refractivity contribution >= 4 is 23.1 Å². The molecule has 0 saturated carbocycles. The Morgan fingerprint density at radius 2 is 1.73 bits per heavy atom. The van der Waals surface area contributed by atoms with Crippen LogP contribution in [0.5, 0.6) is 0 Å². The molecule has 132 valence electrons. The fourth-order valence-electron chi connectivity index (χ4n) is 2.26. The molecule has 26 heavy (non-hydrogen) atoms. The molecule has 0 spiro atoms. The summed E-state index contributed by atoms with van der Waals surface area (Å²) in [6, 6.07) is 11.8. The highest BCUT2D eigenvalue weighted by Gasteiger charge is 2.12. The number of nitrogens with one attached hydrogen (secondary N) is 2. The van der Waals surface area contributed by atoms with Crippen LogP contribution in [0.15, 0.2) is 48.5 Å². The van der Waals surface area contributed by atoms with E-state index in [1.165, 1.54) is 11.6 Å². The van der Waals surface area contributed by atoms with Crippen molar-refractivity contribution in [1.29, 1.82) is 0 Å². The predicted octanol–water partition coefficient (Wildman–Crippen LogP) is 4.37. The Balaban J connectivity index is 1.70. The van der Waals surface area contributed by atoms with Crippen molar-refractivity contribution in [2.24, 2.45) is 0 Å². The molecule has 2 aromatic carbocycles. The average Bonchev–Trinajstić information content (AvgIpc) is 2.61. The van der Waals surface area contributed by atoms with E-state index in [-0.39, 0.29) is 11.4 Å². The van der Waals surface area contributed by atoms with Gasteiger partial charge in [0.05, 0.1) is 5.69 Å². The zero-order valence-corrected chi connectivity index (χ0v) is 14.2. The molecule has 2 N–H and O–H groups in total. The molecule has 0 aliphatic heterocycles. The normalized spacial score (nSPS) is 10.5. The van der Waals surface area contributed by atoms with Crippen LogP contribution >= 0.6 is 0 Å². The van der Waals surface area contributed by atoms with Crippen LogP contribution in [0.1, 0.15) is 21.6 Å². The molecule has 0 aliphatic carbocycles. The van der Waals surface area contributed by atoms with Crippen LogP contribution in [-0.4, -0.2) is 16.1 Å². The number of amides is 1. The Morgan fingerprint density at radius 1 is 0.923 bits per heavy atom. The van der Waals surface area contributed by atoms with Crippen molar-refractivity contribution in [3.63, 3.8) is 0 Å². The van der Waals surface area contributed by atoms with Crippen molar-refractivity contribution in [2.75, 3.05) is 10.6 Å². The standard InChI is InChI=1S/C19H16F2N4O/c1-11-3-5-14(9-12(11)2)22-18-8-7-17(24-25-18)19(26)23-16-6-4-13(20)10-15(16)21/h3-10H,1-2H3,(H,22,25)(H,23,26). The number of aromatic nitrogens is 2. The lowest BCUT2D eigenvalue weighted by molar-refractivity contribution is 0.102. The summed E-state index contributed by atoms with van der Waals surface area (Å²) in [5.41, 5.74) is 3.06. The molecular formula is C19H16F2N4O. The maximum absolute atomic E-state index is 13.6. The number of hydrogen-bond acceptors (Lipinski definition) is 4. The molecule has 1 amide bonds. The van der Waals surface area contributed by atoms with E-state index in [0.29, 0.717) is 11.9 Å². The second-order valence-electron chi connectivity index (χ2n) is 5.81. The summed E-state index contributed by atoms with van der Waals surface area (Å²) in [5, 5.41) is 13.2. The van der Waals surface area contributed by atoms with Crippen molar-refractivity contribution in [1.82, 2.24) is 10.2 Å². The molecule has 5 nitrogen and oxygen atoms in total. The van der Waals surface area contributed by atoms with Gasteiger partial charge >= 0.3 is 0 Å². The Bertz CT molecular complexity index is 958. The van der Waals surface area contributed by atoms with Gasteiger partial charge in [0.25, 0.3) is 5.91 Å². The zero-order valence-electron chi connectivity index (χ0n) is 14.2. The highest BCUT2D eigenvalue weighted by atomic mass is 19.1. The summed E-state index contributed by atoms with van der Waals surface area (Å²) >= 11 is 0. The van der Waals surface area contributed by atoms with Gasteiger partial charge in [-0.3, -0.25) is 4.79 Å². The summed E-state index contributed by atoms with van der Waals surface area (Å²) in [4.78, 5) is 12.1. The van der Waals surface area contributed by atoms with Crippen LogP contribution in [0, 0.1) is 25.5 Å². The number of carbonyl (C=O) groups excluding carboxylic acids is 1. The number of hydrogen-bond donors (Lipinski definition) is 2. The number of benzene rings is 2. The van der Waals surface area contributed by atoms with E-state index in [2.05, 4.69) is 20.8 Å². The van der Waals surface area contributed by atoms with Crippen LogP contribution in [0.3, 0.4) is 0 Å². The molecule has 0 saturated heterocycles. The van der Waals surface area contributed by atoms with Crippen LogP contribution in [0.25, 0.3) is 0 Å². The monoisotopic (exact) mass is 354 g/mol. The molecule has 3 rings (SSSR count). The van der Waals surface area contributed by atoms with Gasteiger partial charge < -0.3 is 10.6 Å². The minimum Gasteiger partial charge on any atom is -0.339 e. The van der Waals surface area contributed by atoms with E-state index >= 15 is 0 Å². The second kappa shape index (κ2) is 7.26. The molecule has 0 radical (unpaired) electrons. The van der Waals surface area contributed by atoms with Crippen LogP contribution < -0.4 is 10.6 Å². The molecule has 1 heterocycles. The lowest BCUT2D eigenvalue weighted by Crippen LogP contribution is -2.15. The summed E-state index contributed by atoms with van der Waals surface area (Å²) in [6.07, 6.45) is 0. The third-order valence-corrected chi connectivity index (χ3v) is 3.86. The first-order valence-electron chi connectivity index (χ1n) is 7.87. The van der Waals surface area contributed by atoms with Crippen LogP contribution in [0.4, 0.5) is 26.0 Å². The molecule has 0 bridgehead atoms. The van der Waals surface area contributed by atoms with E-state index in [9.17, 15) is 13.6 Å².